The van der Waals surface area contributed by atoms with Crippen molar-refractivity contribution in [3.05, 3.63) is 17.0 Å². The molecule has 150 valence electrons. The lowest BCUT2D eigenvalue weighted by atomic mass is 9.25. The summed E-state index contributed by atoms with van der Waals surface area (Å²) < 4.78 is 13.9. The maximum atomic E-state index is 6.27. The second kappa shape index (κ2) is 8.28. The molecule has 1 aliphatic carbocycles. The summed E-state index contributed by atoms with van der Waals surface area (Å²) >= 11 is 0. The zero-order valence-corrected chi connectivity index (χ0v) is 17.6. The van der Waals surface area contributed by atoms with Crippen LogP contribution in [0, 0.1) is 6.92 Å². The monoisotopic (exact) mass is 372 g/mol. The van der Waals surface area contributed by atoms with E-state index in [1.807, 2.05) is 6.92 Å². The van der Waals surface area contributed by atoms with Crippen molar-refractivity contribution < 1.29 is 9.47 Å². The van der Waals surface area contributed by atoms with E-state index in [-0.39, 0.29) is 5.60 Å². The van der Waals surface area contributed by atoms with Gasteiger partial charge in [0.05, 0.1) is 5.69 Å². The van der Waals surface area contributed by atoms with E-state index in [1.54, 1.807) is 0 Å². The molecular formula is C22H37BN2O2. The molecule has 0 radical (unpaired) electrons. The molecule has 2 aliphatic heterocycles. The van der Waals surface area contributed by atoms with Gasteiger partial charge >= 0.3 is 0 Å². The lowest BCUT2D eigenvalue weighted by molar-refractivity contribution is -0.180. The van der Waals surface area contributed by atoms with Crippen molar-refractivity contribution in [1.29, 1.82) is 0 Å². The van der Waals surface area contributed by atoms with Crippen molar-refractivity contribution >= 4 is 6.71 Å². The molecule has 3 fully saturated rings. The van der Waals surface area contributed by atoms with Gasteiger partial charge in [0.2, 0.25) is 0 Å². The second-order valence-corrected chi connectivity index (χ2v) is 9.22. The first-order valence-corrected chi connectivity index (χ1v) is 11.4. The highest BCUT2D eigenvalue weighted by Gasteiger charge is 2.45. The third-order valence-corrected chi connectivity index (χ3v) is 7.91. The molecule has 4 nitrogen and oxygen atoms in total. The average Bonchev–Trinajstić information content (AvgIpc) is 2.90. The topological polar surface area (TPSA) is 36.3 Å². The van der Waals surface area contributed by atoms with Crippen LogP contribution in [0.1, 0.15) is 81.7 Å². The summed E-state index contributed by atoms with van der Waals surface area (Å²) in [5, 5.41) is 4.96. The fourth-order valence-electron chi connectivity index (χ4n) is 6.10. The summed E-state index contributed by atoms with van der Waals surface area (Å²) in [4.78, 5) is 0. The van der Waals surface area contributed by atoms with Crippen molar-refractivity contribution in [2.45, 2.75) is 102 Å². The third-order valence-electron chi connectivity index (χ3n) is 7.91. The lowest BCUT2D eigenvalue weighted by Gasteiger charge is -2.42. The first-order chi connectivity index (χ1) is 13.1. The molecule has 1 aromatic heterocycles. The minimum atomic E-state index is -0.195. The van der Waals surface area contributed by atoms with Crippen LogP contribution in [-0.2, 0) is 28.5 Å². The van der Waals surface area contributed by atoms with E-state index in [4.69, 9.17) is 14.6 Å². The summed E-state index contributed by atoms with van der Waals surface area (Å²) in [5.41, 5.74) is 3.82. The van der Waals surface area contributed by atoms with Crippen molar-refractivity contribution in [2.75, 3.05) is 13.4 Å². The van der Waals surface area contributed by atoms with Gasteiger partial charge in [0.25, 0.3) is 0 Å². The molecule has 5 heteroatoms. The Labute approximate surface area is 165 Å². The van der Waals surface area contributed by atoms with E-state index >= 15 is 0 Å². The molecule has 3 heterocycles. The molecule has 4 rings (SSSR count). The van der Waals surface area contributed by atoms with Crippen LogP contribution in [0.15, 0.2) is 0 Å². The maximum Gasteiger partial charge on any atom is 0.147 e. The molecule has 1 aromatic rings. The molecule has 0 unspecified atom stereocenters. The number of fused-ring (bicyclic) bond motifs is 2. The Morgan fingerprint density at radius 3 is 2.33 bits per heavy atom. The first kappa shape index (κ1) is 19.5. The predicted octanol–water partition coefficient (Wildman–Crippen LogP) is 5.26. The number of aromatic nitrogens is 2. The van der Waals surface area contributed by atoms with E-state index in [1.165, 1.54) is 74.6 Å². The summed E-state index contributed by atoms with van der Waals surface area (Å²) in [6, 6.07) is 0. The van der Waals surface area contributed by atoms with Gasteiger partial charge in [-0.1, -0.05) is 56.5 Å². The van der Waals surface area contributed by atoms with Crippen LogP contribution in [0.3, 0.4) is 0 Å². The van der Waals surface area contributed by atoms with Crippen LogP contribution in [-0.4, -0.2) is 29.9 Å². The Balaban J connectivity index is 1.51. The van der Waals surface area contributed by atoms with Crippen molar-refractivity contribution in [1.82, 2.24) is 9.78 Å². The number of rotatable bonds is 8. The fourth-order valence-corrected chi connectivity index (χ4v) is 6.10. The molecule has 0 aromatic carbocycles. The van der Waals surface area contributed by atoms with Gasteiger partial charge in [-0.3, -0.25) is 4.68 Å². The van der Waals surface area contributed by atoms with Crippen LogP contribution in [0.5, 0.6) is 0 Å². The zero-order valence-electron chi connectivity index (χ0n) is 17.6. The Hall–Kier alpha value is -0.805. The standard InChI is InChI=1S/C22H37BN2O2/c1-4-26-16-27-22(13-7-14-22)21-20(17(2)25(3)24-21)12-15-23-18-8-5-9-19(23)11-6-10-18/h18-19H,4-16H2,1-3H3. The molecule has 0 spiro atoms. The van der Waals surface area contributed by atoms with Gasteiger partial charge in [0.1, 0.15) is 19.1 Å². The van der Waals surface area contributed by atoms with Crippen molar-refractivity contribution in [2.24, 2.45) is 7.05 Å². The molecule has 2 saturated heterocycles. The highest BCUT2D eigenvalue weighted by molar-refractivity contribution is 6.62. The van der Waals surface area contributed by atoms with Gasteiger partial charge in [-0.2, -0.15) is 5.10 Å². The molecule has 0 N–H and O–H groups in total. The summed E-state index contributed by atoms with van der Waals surface area (Å²) in [6.45, 7) is 6.30. The Morgan fingerprint density at radius 2 is 1.78 bits per heavy atom. The number of hydrogen-bond acceptors (Lipinski definition) is 3. The summed E-state index contributed by atoms with van der Waals surface area (Å²) in [6.07, 6.45) is 14.7. The molecule has 27 heavy (non-hydrogen) atoms. The number of nitrogens with zero attached hydrogens (tertiary/aromatic N) is 2. The minimum Gasteiger partial charge on any atom is -0.356 e. The quantitative estimate of drug-likeness (QED) is 0.355. The Bertz CT molecular complexity index is 619. The Kier molecular flexibility index (Phi) is 5.99. The van der Waals surface area contributed by atoms with E-state index in [0.717, 1.165) is 31.2 Å². The van der Waals surface area contributed by atoms with Crippen molar-refractivity contribution in [3.63, 3.8) is 0 Å². The summed E-state index contributed by atoms with van der Waals surface area (Å²) in [7, 11) is 2.09. The number of aryl methyl sites for hydroxylation is 1. The number of ether oxygens (including phenoxy) is 2. The SMILES string of the molecule is CCOCOC1(c2nn(C)c(C)c2CCB2C3CCCC2CCC3)CCC1. The average molecular weight is 372 g/mol. The first-order valence-electron chi connectivity index (χ1n) is 11.4. The highest BCUT2D eigenvalue weighted by Crippen LogP contribution is 2.49. The third kappa shape index (κ3) is 3.74. The number of hydrogen-bond donors (Lipinski definition) is 0. The fraction of sp³-hybridized carbons (Fsp3) is 0.864. The molecule has 2 bridgehead atoms. The van der Waals surface area contributed by atoms with Gasteiger partial charge in [-0.25, -0.2) is 0 Å². The highest BCUT2D eigenvalue weighted by atomic mass is 16.7. The van der Waals surface area contributed by atoms with E-state index < -0.39 is 0 Å². The molecule has 0 atom stereocenters. The van der Waals surface area contributed by atoms with Crippen LogP contribution in [0.4, 0.5) is 0 Å². The molecule has 0 amide bonds. The van der Waals surface area contributed by atoms with Crippen molar-refractivity contribution in [3.8, 4) is 0 Å². The smallest absolute Gasteiger partial charge is 0.147 e. The minimum absolute atomic E-state index is 0.195. The van der Waals surface area contributed by atoms with Gasteiger partial charge < -0.3 is 9.47 Å². The van der Waals surface area contributed by atoms with Gasteiger partial charge in [0.15, 0.2) is 0 Å². The molecule has 3 aliphatic rings. The van der Waals surface area contributed by atoms with Crippen LogP contribution < -0.4 is 0 Å². The predicted molar refractivity (Wildman–Crippen MR) is 111 cm³/mol. The van der Waals surface area contributed by atoms with Gasteiger partial charge in [0, 0.05) is 19.3 Å². The van der Waals surface area contributed by atoms with Gasteiger partial charge in [-0.05, 0) is 45.1 Å². The van der Waals surface area contributed by atoms with E-state index in [0.29, 0.717) is 13.4 Å². The van der Waals surface area contributed by atoms with E-state index in [9.17, 15) is 0 Å². The van der Waals surface area contributed by atoms with Crippen LogP contribution in [0.2, 0.25) is 18.0 Å². The Morgan fingerprint density at radius 1 is 1.11 bits per heavy atom. The van der Waals surface area contributed by atoms with Crippen LogP contribution in [0.25, 0.3) is 0 Å². The maximum absolute atomic E-state index is 6.27. The molecular weight excluding hydrogens is 335 g/mol. The van der Waals surface area contributed by atoms with Crippen LogP contribution >= 0.6 is 0 Å². The molecule has 1 saturated carbocycles. The second-order valence-electron chi connectivity index (χ2n) is 9.22. The normalized spacial score (nSPS) is 26.9. The zero-order chi connectivity index (χ0) is 18.9. The van der Waals surface area contributed by atoms with E-state index in [2.05, 4.69) is 18.7 Å². The largest absolute Gasteiger partial charge is 0.356 e. The lowest BCUT2D eigenvalue weighted by Crippen LogP contribution is -2.39. The summed E-state index contributed by atoms with van der Waals surface area (Å²) in [5.74, 6) is 1.98. The van der Waals surface area contributed by atoms with Gasteiger partial charge in [-0.15, -0.1) is 0 Å².